The molecule has 0 aliphatic carbocycles. The number of rotatable bonds is 3. The molecule has 0 unspecified atom stereocenters. The highest BCUT2D eigenvalue weighted by Crippen LogP contribution is 2.45. The standard InChI is InChI=1S/C17H23NOS/c1-11(2)8-9-13-10-20-17-12(3)14-6-4-5-7-15(14)16(19)18(13)17/h4-7,11-13,17H,8-10H2,1-3H3/t12-,13+,17+/m1/s1. The predicted molar refractivity (Wildman–Crippen MR) is 85.1 cm³/mol. The molecule has 108 valence electrons. The van der Waals surface area contributed by atoms with E-state index in [-0.39, 0.29) is 5.91 Å². The van der Waals surface area contributed by atoms with Crippen LogP contribution in [0.2, 0.25) is 0 Å². The molecule has 2 heterocycles. The van der Waals surface area contributed by atoms with Crippen LogP contribution in [0.5, 0.6) is 0 Å². The van der Waals surface area contributed by atoms with Crippen LogP contribution in [0.3, 0.4) is 0 Å². The number of hydrogen-bond acceptors (Lipinski definition) is 2. The second kappa shape index (κ2) is 5.44. The summed E-state index contributed by atoms with van der Waals surface area (Å²) >= 11 is 1.97. The van der Waals surface area contributed by atoms with Gasteiger partial charge >= 0.3 is 0 Å². The molecule has 0 saturated carbocycles. The Morgan fingerprint density at radius 2 is 2.10 bits per heavy atom. The Bertz CT molecular complexity index is 513. The maximum Gasteiger partial charge on any atom is 0.255 e. The summed E-state index contributed by atoms with van der Waals surface area (Å²) < 4.78 is 0. The third-order valence-electron chi connectivity index (χ3n) is 4.55. The zero-order chi connectivity index (χ0) is 14.3. The van der Waals surface area contributed by atoms with Crippen LogP contribution in [-0.2, 0) is 0 Å². The molecule has 1 amide bonds. The van der Waals surface area contributed by atoms with Crippen LogP contribution in [0.15, 0.2) is 24.3 Å². The highest BCUT2D eigenvalue weighted by atomic mass is 32.2. The molecular formula is C17H23NOS. The molecule has 0 spiro atoms. The Hall–Kier alpha value is -0.960. The minimum Gasteiger partial charge on any atom is -0.322 e. The molecule has 3 heteroatoms. The average molecular weight is 289 g/mol. The van der Waals surface area contributed by atoms with Crippen molar-refractivity contribution in [3.05, 3.63) is 35.4 Å². The normalized spacial score (nSPS) is 28.7. The fraction of sp³-hybridized carbons (Fsp3) is 0.588. The first kappa shape index (κ1) is 14.0. The van der Waals surface area contributed by atoms with E-state index in [0.29, 0.717) is 23.3 Å². The number of carbonyl (C=O) groups is 1. The molecule has 3 rings (SSSR count). The van der Waals surface area contributed by atoms with Gasteiger partial charge in [-0.2, -0.15) is 0 Å². The van der Waals surface area contributed by atoms with E-state index in [0.717, 1.165) is 17.7 Å². The SMILES string of the molecule is CC(C)CC[C@H]1CS[C@H]2[C@H](C)c3ccccc3C(=O)N12. The summed E-state index contributed by atoms with van der Waals surface area (Å²) in [6, 6.07) is 8.57. The number of amides is 1. The number of fused-ring (bicyclic) bond motifs is 2. The molecule has 0 aromatic heterocycles. The zero-order valence-corrected chi connectivity index (χ0v) is 13.3. The molecule has 1 aromatic rings. The van der Waals surface area contributed by atoms with Gasteiger partial charge in [0.05, 0.1) is 5.37 Å². The summed E-state index contributed by atoms with van der Waals surface area (Å²) in [5, 5.41) is 0.342. The lowest BCUT2D eigenvalue weighted by Gasteiger charge is -2.38. The maximum atomic E-state index is 12.8. The molecule has 1 aromatic carbocycles. The molecule has 1 saturated heterocycles. The monoisotopic (exact) mass is 289 g/mol. The van der Waals surface area contributed by atoms with Crippen LogP contribution in [-0.4, -0.2) is 28.0 Å². The van der Waals surface area contributed by atoms with Crippen molar-refractivity contribution in [1.82, 2.24) is 4.90 Å². The van der Waals surface area contributed by atoms with Crippen molar-refractivity contribution >= 4 is 17.7 Å². The van der Waals surface area contributed by atoms with Gasteiger partial charge in [0.25, 0.3) is 5.91 Å². The van der Waals surface area contributed by atoms with Crippen molar-refractivity contribution in [1.29, 1.82) is 0 Å². The summed E-state index contributed by atoms with van der Waals surface area (Å²) in [6.07, 6.45) is 2.35. The zero-order valence-electron chi connectivity index (χ0n) is 12.5. The smallest absolute Gasteiger partial charge is 0.255 e. The lowest BCUT2D eigenvalue weighted by Crippen LogP contribution is -2.47. The predicted octanol–water partition coefficient (Wildman–Crippen LogP) is 4.12. The Labute approximate surface area is 125 Å². The lowest BCUT2D eigenvalue weighted by molar-refractivity contribution is 0.0638. The number of benzene rings is 1. The molecule has 20 heavy (non-hydrogen) atoms. The number of nitrogens with zero attached hydrogens (tertiary/aromatic N) is 1. The van der Waals surface area contributed by atoms with Gasteiger partial charge in [-0.3, -0.25) is 4.79 Å². The van der Waals surface area contributed by atoms with E-state index in [2.05, 4.69) is 31.7 Å². The molecule has 0 radical (unpaired) electrons. The van der Waals surface area contributed by atoms with Crippen LogP contribution >= 0.6 is 11.8 Å². The second-order valence-corrected chi connectivity index (χ2v) is 7.59. The molecule has 2 nitrogen and oxygen atoms in total. The van der Waals surface area contributed by atoms with Crippen molar-refractivity contribution in [3.8, 4) is 0 Å². The summed E-state index contributed by atoms with van der Waals surface area (Å²) in [7, 11) is 0. The van der Waals surface area contributed by atoms with Gasteiger partial charge in [0.1, 0.15) is 0 Å². The number of thioether (sulfide) groups is 1. The Morgan fingerprint density at radius 1 is 1.35 bits per heavy atom. The van der Waals surface area contributed by atoms with Gasteiger partial charge in [0.15, 0.2) is 0 Å². The minimum atomic E-state index is 0.252. The number of hydrogen-bond donors (Lipinski definition) is 0. The Morgan fingerprint density at radius 3 is 2.85 bits per heavy atom. The summed E-state index contributed by atoms with van der Waals surface area (Å²) in [6.45, 7) is 6.78. The Balaban J connectivity index is 1.88. The molecule has 1 fully saturated rings. The molecule has 0 bridgehead atoms. The van der Waals surface area contributed by atoms with Crippen LogP contribution in [0.25, 0.3) is 0 Å². The van der Waals surface area contributed by atoms with Crippen molar-refractivity contribution in [2.24, 2.45) is 5.92 Å². The minimum absolute atomic E-state index is 0.252. The van der Waals surface area contributed by atoms with Crippen LogP contribution in [0.4, 0.5) is 0 Å². The van der Waals surface area contributed by atoms with E-state index in [9.17, 15) is 4.79 Å². The fourth-order valence-corrected chi connectivity index (χ4v) is 4.98. The number of carbonyl (C=O) groups excluding carboxylic acids is 1. The van der Waals surface area contributed by atoms with E-state index < -0.39 is 0 Å². The topological polar surface area (TPSA) is 20.3 Å². The first-order chi connectivity index (χ1) is 9.59. The molecule has 2 aliphatic heterocycles. The molecule has 2 aliphatic rings. The third-order valence-corrected chi connectivity index (χ3v) is 6.10. The van der Waals surface area contributed by atoms with Gasteiger partial charge in [-0.05, 0) is 30.4 Å². The van der Waals surface area contributed by atoms with Gasteiger partial charge in [-0.25, -0.2) is 0 Å². The average Bonchev–Trinajstić information content (AvgIpc) is 2.87. The van der Waals surface area contributed by atoms with E-state index in [1.165, 1.54) is 12.0 Å². The molecule has 3 atom stereocenters. The maximum absolute atomic E-state index is 12.8. The van der Waals surface area contributed by atoms with Gasteiger partial charge in [0.2, 0.25) is 0 Å². The summed E-state index contributed by atoms with van der Waals surface area (Å²) in [4.78, 5) is 15.0. The third kappa shape index (κ3) is 2.26. The Kier molecular flexibility index (Phi) is 3.80. The van der Waals surface area contributed by atoms with Gasteiger partial charge < -0.3 is 4.90 Å². The van der Waals surface area contributed by atoms with Gasteiger partial charge in [0, 0.05) is 23.3 Å². The molecule has 0 N–H and O–H groups in total. The van der Waals surface area contributed by atoms with E-state index in [4.69, 9.17) is 0 Å². The fourth-order valence-electron chi connectivity index (χ4n) is 3.37. The summed E-state index contributed by atoms with van der Waals surface area (Å²) in [5.41, 5.74) is 2.16. The van der Waals surface area contributed by atoms with Gasteiger partial charge in [-0.15, -0.1) is 11.8 Å². The highest BCUT2D eigenvalue weighted by Gasteiger charge is 2.45. The largest absolute Gasteiger partial charge is 0.322 e. The summed E-state index contributed by atoms with van der Waals surface area (Å²) in [5.74, 6) is 2.51. The van der Waals surface area contributed by atoms with Crippen LogP contribution in [0.1, 0.15) is 55.5 Å². The quantitative estimate of drug-likeness (QED) is 0.834. The van der Waals surface area contributed by atoms with Crippen molar-refractivity contribution in [3.63, 3.8) is 0 Å². The molecular weight excluding hydrogens is 266 g/mol. The van der Waals surface area contributed by atoms with E-state index in [1.807, 2.05) is 30.0 Å². The van der Waals surface area contributed by atoms with E-state index >= 15 is 0 Å². The van der Waals surface area contributed by atoms with E-state index in [1.54, 1.807) is 0 Å². The lowest BCUT2D eigenvalue weighted by atomic mass is 9.89. The van der Waals surface area contributed by atoms with Gasteiger partial charge in [-0.1, -0.05) is 39.0 Å². The second-order valence-electron chi connectivity index (χ2n) is 6.44. The van der Waals surface area contributed by atoms with Crippen LogP contribution < -0.4 is 0 Å². The first-order valence-corrected chi connectivity index (χ1v) is 8.67. The van der Waals surface area contributed by atoms with Crippen LogP contribution in [0, 0.1) is 5.92 Å². The first-order valence-electron chi connectivity index (χ1n) is 7.62. The van der Waals surface area contributed by atoms with Crippen molar-refractivity contribution in [2.75, 3.05) is 5.75 Å². The van der Waals surface area contributed by atoms with Crippen molar-refractivity contribution in [2.45, 2.75) is 50.9 Å². The highest BCUT2D eigenvalue weighted by molar-refractivity contribution is 8.00. The van der Waals surface area contributed by atoms with Crippen molar-refractivity contribution < 1.29 is 4.79 Å².